The smallest absolute Gasteiger partial charge is 0.335 e. The van der Waals surface area contributed by atoms with Crippen molar-refractivity contribution < 1.29 is 19.4 Å². The summed E-state index contributed by atoms with van der Waals surface area (Å²) in [6, 6.07) is 16.8. The number of aromatic carboxylic acids is 1. The lowest BCUT2D eigenvalue weighted by Crippen LogP contribution is -2.05. The van der Waals surface area contributed by atoms with E-state index in [1.54, 1.807) is 25.3 Å². The van der Waals surface area contributed by atoms with Crippen molar-refractivity contribution in [3.63, 3.8) is 0 Å². The van der Waals surface area contributed by atoms with Crippen LogP contribution in [0.2, 0.25) is 5.02 Å². The molecule has 0 radical (unpaired) electrons. The number of carboxylic acid groups (broad SMARTS) is 1. The molecule has 3 aromatic rings. The third kappa shape index (κ3) is 5.24. The molecule has 156 valence electrons. The summed E-state index contributed by atoms with van der Waals surface area (Å²) in [5, 5.41) is 12.9. The fraction of sp³-hybridized carbons (Fsp3) is 0.208. The number of carbonyl (C=O) groups is 1. The van der Waals surface area contributed by atoms with Gasteiger partial charge in [0.25, 0.3) is 0 Å². The molecule has 30 heavy (non-hydrogen) atoms. The van der Waals surface area contributed by atoms with Gasteiger partial charge in [-0.1, -0.05) is 47.5 Å². The molecule has 6 heteroatoms. The van der Waals surface area contributed by atoms with Crippen LogP contribution in [0, 0.1) is 13.8 Å². The van der Waals surface area contributed by atoms with Gasteiger partial charge in [0, 0.05) is 12.2 Å². The summed E-state index contributed by atoms with van der Waals surface area (Å²) in [6.45, 7) is 4.80. The molecule has 0 aliphatic carbocycles. The van der Waals surface area contributed by atoms with Gasteiger partial charge < -0.3 is 19.9 Å². The number of hydrogen-bond donors (Lipinski definition) is 2. The average Bonchev–Trinajstić information content (AvgIpc) is 2.73. The number of aryl methyl sites for hydroxylation is 2. The van der Waals surface area contributed by atoms with Crippen LogP contribution in [0.3, 0.4) is 0 Å². The first-order valence-corrected chi connectivity index (χ1v) is 9.87. The number of hydrogen-bond acceptors (Lipinski definition) is 4. The summed E-state index contributed by atoms with van der Waals surface area (Å²) in [6.07, 6.45) is 0. The number of halogens is 1. The predicted octanol–water partition coefficient (Wildman–Crippen LogP) is 5.85. The Labute approximate surface area is 181 Å². The van der Waals surface area contributed by atoms with Gasteiger partial charge in [-0.2, -0.15) is 0 Å². The molecule has 0 atom stereocenters. The van der Waals surface area contributed by atoms with Gasteiger partial charge in [0.05, 0.1) is 17.7 Å². The van der Waals surface area contributed by atoms with Crippen LogP contribution in [0.25, 0.3) is 0 Å². The van der Waals surface area contributed by atoms with Gasteiger partial charge in [0.2, 0.25) is 0 Å². The molecule has 0 saturated heterocycles. The molecule has 2 N–H and O–H groups in total. The summed E-state index contributed by atoms with van der Waals surface area (Å²) in [5.41, 5.74) is 5.06. The first kappa shape index (κ1) is 21.5. The second-order valence-corrected chi connectivity index (χ2v) is 7.48. The second kappa shape index (κ2) is 9.55. The zero-order valence-electron chi connectivity index (χ0n) is 17.2. The molecule has 0 fully saturated rings. The van der Waals surface area contributed by atoms with Gasteiger partial charge in [-0.15, -0.1) is 0 Å². The molecule has 0 aromatic heterocycles. The molecule has 0 bridgehead atoms. The Morgan fingerprint density at radius 2 is 1.77 bits per heavy atom. The Kier molecular flexibility index (Phi) is 6.85. The number of rotatable bonds is 8. The second-order valence-electron chi connectivity index (χ2n) is 7.07. The number of ether oxygens (including phenoxy) is 2. The molecular weight excluding hydrogens is 402 g/mol. The van der Waals surface area contributed by atoms with E-state index in [1.165, 1.54) is 5.56 Å². The highest BCUT2D eigenvalue weighted by molar-refractivity contribution is 6.32. The number of carboxylic acids is 1. The minimum Gasteiger partial charge on any atom is -0.493 e. The van der Waals surface area contributed by atoms with Crippen molar-refractivity contribution in [3.8, 4) is 11.5 Å². The normalized spacial score (nSPS) is 10.5. The maximum Gasteiger partial charge on any atom is 0.335 e. The maximum atomic E-state index is 11.2. The Morgan fingerprint density at radius 1 is 1.03 bits per heavy atom. The fourth-order valence-corrected chi connectivity index (χ4v) is 3.29. The number of methoxy groups -OCH3 is 1. The molecule has 0 saturated carbocycles. The van der Waals surface area contributed by atoms with Gasteiger partial charge in [0.15, 0.2) is 11.5 Å². The van der Waals surface area contributed by atoms with E-state index in [0.29, 0.717) is 29.7 Å². The minimum atomic E-state index is -0.960. The average molecular weight is 426 g/mol. The summed E-state index contributed by atoms with van der Waals surface area (Å²) < 4.78 is 11.4. The van der Waals surface area contributed by atoms with Crippen LogP contribution in [-0.4, -0.2) is 18.2 Å². The molecule has 0 unspecified atom stereocenters. The molecule has 0 spiro atoms. The molecule has 3 aromatic carbocycles. The zero-order valence-corrected chi connectivity index (χ0v) is 17.9. The van der Waals surface area contributed by atoms with Crippen LogP contribution in [-0.2, 0) is 13.2 Å². The SMILES string of the molecule is COc1cc(CNc2cc(C(=O)O)ccc2C)cc(Cl)c1OCc1ccc(C)cc1. The summed E-state index contributed by atoms with van der Waals surface area (Å²) in [4.78, 5) is 11.2. The van der Waals surface area contributed by atoms with Crippen LogP contribution >= 0.6 is 11.6 Å². The van der Waals surface area contributed by atoms with Crippen molar-refractivity contribution in [2.24, 2.45) is 0 Å². The minimum absolute atomic E-state index is 0.235. The van der Waals surface area contributed by atoms with Crippen molar-refractivity contribution in [3.05, 3.63) is 87.4 Å². The van der Waals surface area contributed by atoms with Crippen molar-refractivity contribution in [1.29, 1.82) is 0 Å². The fourth-order valence-electron chi connectivity index (χ4n) is 3.00. The Hall–Kier alpha value is -3.18. The lowest BCUT2D eigenvalue weighted by Gasteiger charge is -2.16. The monoisotopic (exact) mass is 425 g/mol. The molecule has 3 rings (SSSR count). The van der Waals surface area contributed by atoms with Gasteiger partial charge in [-0.05, 0) is 54.8 Å². The van der Waals surface area contributed by atoms with E-state index in [0.717, 1.165) is 22.4 Å². The first-order valence-electron chi connectivity index (χ1n) is 9.50. The molecular formula is C24H24ClNO4. The highest BCUT2D eigenvalue weighted by Gasteiger charge is 2.13. The van der Waals surface area contributed by atoms with Crippen molar-refractivity contribution in [1.82, 2.24) is 0 Å². The number of benzene rings is 3. The van der Waals surface area contributed by atoms with Gasteiger partial charge in [-0.25, -0.2) is 4.79 Å². The largest absolute Gasteiger partial charge is 0.493 e. The van der Waals surface area contributed by atoms with Crippen LogP contribution in [0.4, 0.5) is 5.69 Å². The topological polar surface area (TPSA) is 67.8 Å². The third-order valence-electron chi connectivity index (χ3n) is 4.76. The lowest BCUT2D eigenvalue weighted by atomic mass is 10.1. The van der Waals surface area contributed by atoms with Crippen molar-refractivity contribution in [2.45, 2.75) is 27.0 Å². The molecule has 0 heterocycles. The van der Waals surface area contributed by atoms with E-state index >= 15 is 0 Å². The summed E-state index contributed by atoms with van der Waals surface area (Å²) in [5.74, 6) is 0.0767. The molecule has 0 aliphatic heterocycles. The van der Waals surface area contributed by atoms with Crippen molar-refractivity contribution >= 4 is 23.3 Å². The van der Waals surface area contributed by atoms with Gasteiger partial charge in [0.1, 0.15) is 6.61 Å². The van der Waals surface area contributed by atoms with E-state index in [-0.39, 0.29) is 5.56 Å². The van der Waals surface area contributed by atoms with E-state index in [4.69, 9.17) is 21.1 Å². The maximum absolute atomic E-state index is 11.2. The van der Waals surface area contributed by atoms with E-state index in [2.05, 4.69) is 5.32 Å². The van der Waals surface area contributed by atoms with E-state index in [1.807, 2.05) is 50.2 Å². The highest BCUT2D eigenvalue weighted by atomic mass is 35.5. The van der Waals surface area contributed by atoms with Crippen LogP contribution in [0.1, 0.15) is 32.6 Å². The zero-order chi connectivity index (χ0) is 21.7. The van der Waals surface area contributed by atoms with E-state index in [9.17, 15) is 9.90 Å². The Balaban J connectivity index is 1.74. The molecule has 0 aliphatic rings. The molecule has 0 amide bonds. The van der Waals surface area contributed by atoms with Gasteiger partial charge in [-0.3, -0.25) is 0 Å². The first-order chi connectivity index (χ1) is 14.4. The van der Waals surface area contributed by atoms with Crippen LogP contribution < -0.4 is 14.8 Å². The standard InChI is InChI=1S/C24H24ClNO4/c1-15-4-7-17(8-5-15)14-30-23-20(25)10-18(11-22(23)29-3)13-26-21-12-19(24(27)28)9-6-16(21)2/h4-12,26H,13-14H2,1-3H3,(H,27,28). The number of nitrogens with one attached hydrogen (secondary N) is 1. The number of anilines is 1. The quantitative estimate of drug-likeness (QED) is 0.473. The third-order valence-corrected chi connectivity index (χ3v) is 5.04. The Morgan fingerprint density at radius 3 is 2.43 bits per heavy atom. The summed E-state index contributed by atoms with van der Waals surface area (Å²) in [7, 11) is 1.57. The van der Waals surface area contributed by atoms with Crippen LogP contribution in [0.5, 0.6) is 11.5 Å². The lowest BCUT2D eigenvalue weighted by molar-refractivity contribution is 0.0697. The van der Waals surface area contributed by atoms with Gasteiger partial charge >= 0.3 is 5.97 Å². The van der Waals surface area contributed by atoms with E-state index < -0.39 is 5.97 Å². The highest BCUT2D eigenvalue weighted by Crippen LogP contribution is 2.37. The summed E-state index contributed by atoms with van der Waals surface area (Å²) >= 11 is 6.47. The Bertz CT molecular complexity index is 1050. The predicted molar refractivity (Wildman–Crippen MR) is 119 cm³/mol. The molecule has 5 nitrogen and oxygen atoms in total. The van der Waals surface area contributed by atoms with Crippen LogP contribution in [0.15, 0.2) is 54.6 Å². The van der Waals surface area contributed by atoms with Crippen molar-refractivity contribution in [2.75, 3.05) is 12.4 Å².